The summed E-state index contributed by atoms with van der Waals surface area (Å²) >= 11 is 1.63. The molecule has 2 nitrogen and oxygen atoms in total. The minimum atomic E-state index is -0.188. The Balaban J connectivity index is 1.77. The van der Waals surface area contributed by atoms with Crippen LogP contribution in [0.3, 0.4) is 0 Å². The normalized spacial score (nSPS) is 10.8. The van der Waals surface area contributed by atoms with Gasteiger partial charge in [0.15, 0.2) is 0 Å². The first-order chi connectivity index (χ1) is 9.22. The minimum absolute atomic E-state index is 0.188. The van der Waals surface area contributed by atoms with Crippen molar-refractivity contribution in [2.45, 2.75) is 13.5 Å². The Labute approximate surface area is 114 Å². The topological polar surface area (TPSA) is 24.9 Å². The second kappa shape index (κ2) is 4.97. The first-order valence-electron chi connectivity index (χ1n) is 6.04. The molecular formula is C15H13FN2S. The zero-order valence-electron chi connectivity index (χ0n) is 10.5. The summed E-state index contributed by atoms with van der Waals surface area (Å²) in [6.07, 6.45) is 0. The van der Waals surface area contributed by atoms with Crippen LogP contribution in [-0.2, 0) is 6.54 Å². The summed E-state index contributed by atoms with van der Waals surface area (Å²) in [6.45, 7) is 2.61. The molecule has 96 valence electrons. The van der Waals surface area contributed by atoms with Crippen LogP contribution in [-0.4, -0.2) is 4.98 Å². The maximum atomic E-state index is 13.0. The molecule has 2 aromatic carbocycles. The van der Waals surface area contributed by atoms with Gasteiger partial charge in [-0.2, -0.15) is 0 Å². The van der Waals surface area contributed by atoms with Crippen LogP contribution in [0.15, 0.2) is 41.9 Å². The average molecular weight is 272 g/mol. The van der Waals surface area contributed by atoms with Crippen LogP contribution in [0.4, 0.5) is 10.1 Å². The van der Waals surface area contributed by atoms with Gasteiger partial charge in [-0.3, -0.25) is 0 Å². The molecule has 0 atom stereocenters. The standard InChI is InChI=1S/C15H13FN2S/c1-10-6-12(16)3-2-11(10)8-17-13-4-5-14-15(7-13)19-9-18-14/h2-7,9,17H,8H2,1H3. The zero-order valence-corrected chi connectivity index (χ0v) is 11.3. The Morgan fingerprint density at radius 3 is 2.95 bits per heavy atom. The van der Waals surface area contributed by atoms with Crippen molar-refractivity contribution in [1.29, 1.82) is 0 Å². The van der Waals surface area contributed by atoms with Crippen molar-refractivity contribution >= 4 is 27.2 Å². The molecule has 19 heavy (non-hydrogen) atoms. The molecule has 0 saturated heterocycles. The molecule has 0 aliphatic heterocycles. The lowest BCUT2D eigenvalue weighted by Gasteiger charge is -2.09. The Morgan fingerprint density at radius 1 is 1.21 bits per heavy atom. The van der Waals surface area contributed by atoms with E-state index < -0.39 is 0 Å². The van der Waals surface area contributed by atoms with Crippen LogP contribution < -0.4 is 5.32 Å². The fourth-order valence-corrected chi connectivity index (χ4v) is 2.74. The van der Waals surface area contributed by atoms with Crippen LogP contribution in [0, 0.1) is 12.7 Å². The zero-order chi connectivity index (χ0) is 13.2. The molecule has 0 radical (unpaired) electrons. The molecule has 1 aromatic heterocycles. The first-order valence-corrected chi connectivity index (χ1v) is 6.92. The van der Waals surface area contributed by atoms with Crippen molar-refractivity contribution in [3.05, 3.63) is 58.9 Å². The molecule has 1 N–H and O–H groups in total. The van der Waals surface area contributed by atoms with E-state index in [4.69, 9.17) is 0 Å². The number of benzene rings is 2. The summed E-state index contributed by atoms with van der Waals surface area (Å²) in [7, 11) is 0. The molecule has 0 aliphatic rings. The molecule has 3 rings (SSSR count). The van der Waals surface area contributed by atoms with Gasteiger partial charge < -0.3 is 5.32 Å². The van der Waals surface area contributed by atoms with Gasteiger partial charge in [-0.1, -0.05) is 6.07 Å². The summed E-state index contributed by atoms with van der Waals surface area (Å²) in [5.41, 5.74) is 5.99. The number of halogens is 1. The van der Waals surface area contributed by atoms with Crippen molar-refractivity contribution in [2.24, 2.45) is 0 Å². The van der Waals surface area contributed by atoms with Crippen LogP contribution >= 0.6 is 11.3 Å². The largest absolute Gasteiger partial charge is 0.381 e. The van der Waals surface area contributed by atoms with Crippen LogP contribution in [0.2, 0.25) is 0 Å². The van der Waals surface area contributed by atoms with E-state index >= 15 is 0 Å². The molecule has 3 aromatic rings. The SMILES string of the molecule is Cc1cc(F)ccc1CNc1ccc2ncsc2c1. The summed E-state index contributed by atoms with van der Waals surface area (Å²) in [4.78, 5) is 4.25. The van der Waals surface area contributed by atoms with Gasteiger partial charge in [0.2, 0.25) is 0 Å². The van der Waals surface area contributed by atoms with Gasteiger partial charge in [-0.05, 0) is 48.4 Å². The second-order valence-electron chi connectivity index (χ2n) is 4.46. The highest BCUT2D eigenvalue weighted by Crippen LogP contribution is 2.22. The van der Waals surface area contributed by atoms with E-state index in [9.17, 15) is 4.39 Å². The molecule has 0 aliphatic carbocycles. The van der Waals surface area contributed by atoms with Crippen molar-refractivity contribution < 1.29 is 4.39 Å². The van der Waals surface area contributed by atoms with Gasteiger partial charge in [0.1, 0.15) is 5.82 Å². The minimum Gasteiger partial charge on any atom is -0.381 e. The number of fused-ring (bicyclic) bond motifs is 1. The maximum Gasteiger partial charge on any atom is 0.123 e. The summed E-state index contributed by atoms with van der Waals surface area (Å²) < 4.78 is 14.2. The highest BCUT2D eigenvalue weighted by Gasteiger charge is 2.02. The van der Waals surface area contributed by atoms with E-state index in [-0.39, 0.29) is 5.82 Å². The molecule has 0 saturated carbocycles. The third-order valence-electron chi connectivity index (χ3n) is 3.12. The molecule has 0 spiro atoms. The van der Waals surface area contributed by atoms with E-state index in [1.54, 1.807) is 17.4 Å². The van der Waals surface area contributed by atoms with Gasteiger partial charge in [-0.25, -0.2) is 9.37 Å². The van der Waals surface area contributed by atoms with Gasteiger partial charge in [0, 0.05) is 12.2 Å². The Morgan fingerprint density at radius 2 is 2.11 bits per heavy atom. The number of hydrogen-bond donors (Lipinski definition) is 1. The van der Waals surface area contributed by atoms with Crippen molar-refractivity contribution in [3.8, 4) is 0 Å². The molecule has 0 amide bonds. The molecule has 1 heterocycles. The Bertz CT molecular complexity index is 721. The number of aromatic nitrogens is 1. The number of nitrogens with one attached hydrogen (secondary N) is 1. The Kier molecular flexibility index (Phi) is 3.17. The third-order valence-corrected chi connectivity index (χ3v) is 3.91. The van der Waals surface area contributed by atoms with Gasteiger partial charge in [-0.15, -0.1) is 11.3 Å². The molecule has 4 heteroatoms. The van der Waals surface area contributed by atoms with Crippen LogP contribution in [0.25, 0.3) is 10.2 Å². The lowest BCUT2D eigenvalue weighted by atomic mass is 10.1. The number of rotatable bonds is 3. The number of nitrogens with zero attached hydrogens (tertiary/aromatic N) is 1. The van der Waals surface area contributed by atoms with Crippen molar-refractivity contribution in [2.75, 3.05) is 5.32 Å². The molecular weight excluding hydrogens is 259 g/mol. The highest BCUT2D eigenvalue weighted by atomic mass is 32.1. The van der Waals surface area contributed by atoms with E-state index in [1.807, 2.05) is 30.6 Å². The van der Waals surface area contributed by atoms with E-state index in [0.717, 1.165) is 22.3 Å². The van der Waals surface area contributed by atoms with Gasteiger partial charge >= 0.3 is 0 Å². The molecule has 0 fully saturated rings. The summed E-state index contributed by atoms with van der Waals surface area (Å²) in [5, 5.41) is 3.36. The van der Waals surface area contributed by atoms with E-state index in [0.29, 0.717) is 6.54 Å². The van der Waals surface area contributed by atoms with E-state index in [1.165, 1.54) is 10.8 Å². The van der Waals surface area contributed by atoms with Gasteiger partial charge in [0.25, 0.3) is 0 Å². The fourth-order valence-electron chi connectivity index (χ4n) is 2.02. The predicted molar refractivity (Wildman–Crippen MR) is 78.1 cm³/mol. The summed E-state index contributed by atoms with van der Waals surface area (Å²) in [6, 6.07) is 11.0. The quantitative estimate of drug-likeness (QED) is 0.766. The maximum absolute atomic E-state index is 13.0. The van der Waals surface area contributed by atoms with Crippen molar-refractivity contribution in [3.63, 3.8) is 0 Å². The summed E-state index contributed by atoms with van der Waals surface area (Å²) in [5.74, 6) is -0.188. The Hall–Kier alpha value is -1.94. The lowest BCUT2D eigenvalue weighted by Crippen LogP contribution is -2.01. The number of anilines is 1. The molecule has 0 bridgehead atoms. The smallest absolute Gasteiger partial charge is 0.123 e. The molecule has 0 unspecified atom stereocenters. The second-order valence-corrected chi connectivity index (χ2v) is 5.35. The fraction of sp³-hybridized carbons (Fsp3) is 0.133. The average Bonchev–Trinajstić information content (AvgIpc) is 2.85. The van der Waals surface area contributed by atoms with Crippen LogP contribution in [0.5, 0.6) is 0 Å². The lowest BCUT2D eigenvalue weighted by molar-refractivity contribution is 0.625. The van der Waals surface area contributed by atoms with Crippen molar-refractivity contribution in [1.82, 2.24) is 4.98 Å². The van der Waals surface area contributed by atoms with E-state index in [2.05, 4.69) is 16.4 Å². The third kappa shape index (κ3) is 2.58. The number of aryl methyl sites for hydroxylation is 1. The number of hydrogen-bond acceptors (Lipinski definition) is 3. The number of thiazole rings is 1. The highest BCUT2D eigenvalue weighted by molar-refractivity contribution is 7.16. The predicted octanol–water partition coefficient (Wildman–Crippen LogP) is 4.36. The monoisotopic (exact) mass is 272 g/mol. The van der Waals surface area contributed by atoms with Crippen LogP contribution in [0.1, 0.15) is 11.1 Å². The first kappa shape index (κ1) is 12.1. The van der Waals surface area contributed by atoms with Gasteiger partial charge in [0.05, 0.1) is 15.7 Å².